The topological polar surface area (TPSA) is 49.8 Å². The number of carbonyl (C=O) groups excluding carboxylic acids is 1. The smallest absolute Gasteiger partial charge is 0.227 e. The van der Waals surface area contributed by atoms with Crippen LogP contribution in [0.5, 0.6) is 11.5 Å². The normalized spacial score (nSPS) is 10.2. The molecule has 0 bridgehead atoms. The molecule has 0 spiro atoms. The van der Waals surface area contributed by atoms with E-state index < -0.39 is 0 Å². The molecular weight excluding hydrogens is 266 g/mol. The Labute approximate surface area is 124 Å². The van der Waals surface area contributed by atoms with Crippen molar-refractivity contribution >= 4 is 5.91 Å². The molecule has 0 heterocycles. The lowest BCUT2D eigenvalue weighted by Crippen LogP contribution is -2.27. The van der Waals surface area contributed by atoms with E-state index in [1.807, 2.05) is 30.3 Å². The highest BCUT2D eigenvalue weighted by Crippen LogP contribution is 2.20. The minimum Gasteiger partial charge on any atom is -0.508 e. The van der Waals surface area contributed by atoms with Crippen LogP contribution in [0.3, 0.4) is 0 Å². The summed E-state index contributed by atoms with van der Waals surface area (Å²) in [7, 11) is 3.36. The number of phenolic OH excluding ortho intramolecular Hbond substituents is 1. The highest BCUT2D eigenvalue weighted by atomic mass is 16.5. The Morgan fingerprint density at radius 3 is 2.38 bits per heavy atom. The van der Waals surface area contributed by atoms with Gasteiger partial charge in [-0.1, -0.05) is 36.4 Å². The van der Waals surface area contributed by atoms with Crippen LogP contribution in [0.25, 0.3) is 0 Å². The number of para-hydroxylation sites is 2. The van der Waals surface area contributed by atoms with Gasteiger partial charge in [0.05, 0.1) is 13.5 Å². The molecule has 2 aromatic rings. The van der Waals surface area contributed by atoms with E-state index in [4.69, 9.17) is 4.74 Å². The van der Waals surface area contributed by atoms with Gasteiger partial charge in [0.1, 0.15) is 11.5 Å². The molecule has 0 aliphatic carbocycles. The molecule has 0 aliphatic heterocycles. The van der Waals surface area contributed by atoms with E-state index in [0.717, 1.165) is 11.3 Å². The second-order valence-electron chi connectivity index (χ2n) is 4.87. The monoisotopic (exact) mass is 285 g/mol. The zero-order valence-corrected chi connectivity index (χ0v) is 12.2. The van der Waals surface area contributed by atoms with E-state index in [-0.39, 0.29) is 18.1 Å². The fraction of sp³-hybridized carbons (Fsp3) is 0.235. The van der Waals surface area contributed by atoms with Gasteiger partial charge in [-0.05, 0) is 12.1 Å². The Morgan fingerprint density at radius 1 is 1.10 bits per heavy atom. The Hall–Kier alpha value is -2.49. The molecular formula is C17H19NO3. The number of benzene rings is 2. The molecule has 1 N–H and O–H groups in total. The number of rotatable bonds is 5. The van der Waals surface area contributed by atoms with Crippen molar-refractivity contribution in [1.82, 2.24) is 4.90 Å². The first-order chi connectivity index (χ1) is 10.1. The number of nitrogens with zero attached hydrogens (tertiary/aromatic N) is 1. The fourth-order valence-corrected chi connectivity index (χ4v) is 2.14. The lowest BCUT2D eigenvalue weighted by atomic mass is 10.1. The van der Waals surface area contributed by atoms with Crippen LogP contribution in [0.15, 0.2) is 48.5 Å². The number of hydrogen-bond donors (Lipinski definition) is 1. The van der Waals surface area contributed by atoms with E-state index in [1.54, 1.807) is 37.3 Å². The average Bonchev–Trinajstić information content (AvgIpc) is 2.50. The minimum atomic E-state index is -0.0533. The highest BCUT2D eigenvalue weighted by molar-refractivity contribution is 5.79. The molecule has 0 saturated heterocycles. The molecule has 1 amide bonds. The van der Waals surface area contributed by atoms with E-state index in [1.165, 1.54) is 0 Å². The van der Waals surface area contributed by atoms with Crippen molar-refractivity contribution in [2.24, 2.45) is 0 Å². The second-order valence-corrected chi connectivity index (χ2v) is 4.87. The number of methoxy groups -OCH3 is 1. The van der Waals surface area contributed by atoms with Gasteiger partial charge in [-0.3, -0.25) is 4.79 Å². The van der Waals surface area contributed by atoms with Crippen molar-refractivity contribution < 1.29 is 14.6 Å². The third kappa shape index (κ3) is 3.75. The lowest BCUT2D eigenvalue weighted by Gasteiger charge is -2.19. The third-order valence-electron chi connectivity index (χ3n) is 3.36. The summed E-state index contributed by atoms with van der Waals surface area (Å²) in [6, 6.07) is 14.5. The molecule has 0 unspecified atom stereocenters. The molecule has 0 atom stereocenters. The average molecular weight is 285 g/mol. The molecule has 4 nitrogen and oxygen atoms in total. The van der Waals surface area contributed by atoms with Gasteiger partial charge in [0.2, 0.25) is 5.91 Å². The Balaban J connectivity index is 2.05. The summed E-state index contributed by atoms with van der Waals surface area (Å²) in [6.07, 6.45) is 0.179. The molecule has 21 heavy (non-hydrogen) atoms. The summed E-state index contributed by atoms with van der Waals surface area (Å²) < 4.78 is 5.29. The van der Waals surface area contributed by atoms with Gasteiger partial charge < -0.3 is 14.7 Å². The molecule has 0 aliphatic rings. The molecule has 2 aromatic carbocycles. The van der Waals surface area contributed by atoms with Crippen molar-refractivity contribution in [3.63, 3.8) is 0 Å². The van der Waals surface area contributed by atoms with Crippen LogP contribution in [0, 0.1) is 0 Å². The van der Waals surface area contributed by atoms with E-state index in [0.29, 0.717) is 12.1 Å². The van der Waals surface area contributed by atoms with Crippen LogP contribution in [0.1, 0.15) is 11.1 Å². The summed E-state index contributed by atoms with van der Waals surface area (Å²) in [5.41, 5.74) is 1.59. The van der Waals surface area contributed by atoms with Gasteiger partial charge in [0.25, 0.3) is 0 Å². The van der Waals surface area contributed by atoms with Crippen molar-refractivity contribution in [3.05, 3.63) is 59.7 Å². The number of carbonyl (C=O) groups is 1. The van der Waals surface area contributed by atoms with Gasteiger partial charge >= 0.3 is 0 Å². The number of ether oxygens (including phenoxy) is 1. The Kier molecular flexibility index (Phi) is 4.82. The second kappa shape index (κ2) is 6.79. The van der Waals surface area contributed by atoms with Crippen molar-refractivity contribution in [3.8, 4) is 11.5 Å². The molecule has 0 fully saturated rings. The van der Waals surface area contributed by atoms with Crippen LogP contribution in [0.2, 0.25) is 0 Å². The molecule has 0 aromatic heterocycles. The Morgan fingerprint density at radius 2 is 1.71 bits per heavy atom. The minimum absolute atomic E-state index is 0.0533. The van der Waals surface area contributed by atoms with Gasteiger partial charge in [-0.25, -0.2) is 0 Å². The molecule has 0 radical (unpaired) electrons. The van der Waals surface area contributed by atoms with Gasteiger partial charge in [0, 0.05) is 24.7 Å². The Bertz CT molecular complexity index is 625. The summed E-state index contributed by atoms with van der Waals surface area (Å²) in [6.45, 7) is 0.469. The predicted molar refractivity (Wildman–Crippen MR) is 81.3 cm³/mol. The SMILES string of the molecule is COc1ccccc1CN(C)C(=O)Cc1ccccc1O. The van der Waals surface area contributed by atoms with Gasteiger partial charge in [-0.2, -0.15) is 0 Å². The van der Waals surface area contributed by atoms with Gasteiger partial charge in [-0.15, -0.1) is 0 Å². The van der Waals surface area contributed by atoms with Crippen molar-refractivity contribution in [1.29, 1.82) is 0 Å². The maximum Gasteiger partial charge on any atom is 0.227 e. The predicted octanol–water partition coefficient (Wildman–Crippen LogP) is 2.60. The van der Waals surface area contributed by atoms with Crippen LogP contribution in [-0.4, -0.2) is 30.1 Å². The molecule has 4 heteroatoms. The van der Waals surface area contributed by atoms with E-state index in [9.17, 15) is 9.90 Å². The summed E-state index contributed by atoms with van der Waals surface area (Å²) in [4.78, 5) is 13.9. The number of hydrogen-bond acceptors (Lipinski definition) is 3. The standard InChI is InChI=1S/C17H19NO3/c1-18(12-14-8-4-6-10-16(14)21-2)17(20)11-13-7-3-5-9-15(13)19/h3-10,19H,11-12H2,1-2H3. The first-order valence-electron chi connectivity index (χ1n) is 6.74. The van der Waals surface area contributed by atoms with E-state index in [2.05, 4.69) is 0 Å². The van der Waals surface area contributed by atoms with Crippen LogP contribution >= 0.6 is 0 Å². The largest absolute Gasteiger partial charge is 0.508 e. The lowest BCUT2D eigenvalue weighted by molar-refractivity contribution is -0.129. The maximum absolute atomic E-state index is 12.2. The zero-order valence-electron chi connectivity index (χ0n) is 12.2. The molecule has 2 rings (SSSR count). The highest BCUT2D eigenvalue weighted by Gasteiger charge is 2.14. The fourth-order valence-electron chi connectivity index (χ4n) is 2.14. The number of likely N-dealkylation sites (N-methyl/N-ethyl adjacent to an activating group) is 1. The van der Waals surface area contributed by atoms with Gasteiger partial charge in [0.15, 0.2) is 0 Å². The first kappa shape index (κ1) is 14.9. The zero-order chi connectivity index (χ0) is 15.2. The number of amides is 1. The van der Waals surface area contributed by atoms with Crippen LogP contribution < -0.4 is 4.74 Å². The third-order valence-corrected chi connectivity index (χ3v) is 3.36. The first-order valence-corrected chi connectivity index (χ1v) is 6.74. The summed E-state index contributed by atoms with van der Waals surface area (Å²) in [5.74, 6) is 0.860. The number of aromatic hydroxyl groups is 1. The van der Waals surface area contributed by atoms with E-state index >= 15 is 0 Å². The summed E-state index contributed by atoms with van der Waals surface area (Å²) >= 11 is 0. The van der Waals surface area contributed by atoms with Crippen molar-refractivity contribution in [2.75, 3.05) is 14.2 Å². The molecule has 0 saturated carbocycles. The quantitative estimate of drug-likeness (QED) is 0.918. The van der Waals surface area contributed by atoms with Crippen LogP contribution in [-0.2, 0) is 17.8 Å². The molecule has 110 valence electrons. The maximum atomic E-state index is 12.2. The van der Waals surface area contributed by atoms with Crippen molar-refractivity contribution in [2.45, 2.75) is 13.0 Å². The summed E-state index contributed by atoms with van der Waals surface area (Å²) in [5, 5.41) is 9.72. The van der Waals surface area contributed by atoms with Crippen LogP contribution in [0.4, 0.5) is 0 Å². The number of phenols is 1.